The molecule has 0 aliphatic heterocycles. The molecule has 0 saturated carbocycles. The largest absolute Gasteiger partial charge is 0.433 e. The summed E-state index contributed by atoms with van der Waals surface area (Å²) in [4.78, 5) is 7.99. The first kappa shape index (κ1) is 18.1. The summed E-state index contributed by atoms with van der Waals surface area (Å²) in [7, 11) is -1.21. The van der Waals surface area contributed by atoms with Crippen molar-refractivity contribution in [1.29, 1.82) is 0 Å². The predicted molar refractivity (Wildman–Crippen MR) is 93.3 cm³/mol. The van der Waals surface area contributed by atoms with E-state index in [9.17, 15) is 17.4 Å². The van der Waals surface area contributed by atoms with Crippen molar-refractivity contribution in [2.45, 2.75) is 16.8 Å². The molecule has 0 amide bonds. The Labute approximate surface area is 150 Å². The molecule has 1 heterocycles. The molecule has 2 aromatic carbocycles. The number of nitrogens with zero attached hydrogens (tertiary/aromatic N) is 2. The second kappa shape index (κ2) is 7.65. The number of rotatable bonds is 5. The van der Waals surface area contributed by atoms with E-state index in [1.54, 1.807) is 36.4 Å². The van der Waals surface area contributed by atoms with Gasteiger partial charge in [-0.25, -0.2) is 9.97 Å². The Morgan fingerprint density at radius 2 is 1.77 bits per heavy atom. The van der Waals surface area contributed by atoms with Crippen molar-refractivity contribution in [3.63, 3.8) is 0 Å². The summed E-state index contributed by atoms with van der Waals surface area (Å²) in [6, 6.07) is 16.8. The van der Waals surface area contributed by atoms with Crippen molar-refractivity contribution in [2.75, 3.05) is 5.32 Å². The van der Waals surface area contributed by atoms with Crippen molar-refractivity contribution in [3.8, 4) is 0 Å². The van der Waals surface area contributed by atoms with Gasteiger partial charge in [0.25, 0.3) is 0 Å². The van der Waals surface area contributed by atoms with Gasteiger partial charge in [-0.15, -0.1) is 0 Å². The van der Waals surface area contributed by atoms with E-state index in [1.165, 1.54) is 0 Å². The normalized spacial score (nSPS) is 12.6. The summed E-state index contributed by atoms with van der Waals surface area (Å²) in [5, 5.41) is 2.75. The quantitative estimate of drug-likeness (QED) is 0.709. The third kappa shape index (κ3) is 4.66. The zero-order chi connectivity index (χ0) is 18.6. The van der Waals surface area contributed by atoms with Gasteiger partial charge in [-0.05, 0) is 35.9 Å². The summed E-state index contributed by atoms with van der Waals surface area (Å²) in [5.74, 6) is 0.143. The molecule has 0 bridgehead atoms. The molecule has 1 unspecified atom stereocenters. The van der Waals surface area contributed by atoms with E-state index < -0.39 is 22.7 Å². The lowest BCUT2D eigenvalue weighted by Crippen LogP contribution is -2.10. The topological polar surface area (TPSA) is 54.9 Å². The maximum Gasteiger partial charge on any atom is 0.433 e. The monoisotopic (exact) mass is 377 g/mol. The number of nitrogens with one attached hydrogen (secondary N) is 1. The average molecular weight is 377 g/mol. The Hall–Kier alpha value is -2.74. The van der Waals surface area contributed by atoms with Crippen molar-refractivity contribution in [2.24, 2.45) is 0 Å². The van der Waals surface area contributed by atoms with Crippen LogP contribution in [0.1, 0.15) is 11.3 Å². The van der Waals surface area contributed by atoms with Crippen LogP contribution in [-0.2, 0) is 22.7 Å². The summed E-state index contributed by atoms with van der Waals surface area (Å²) >= 11 is 0. The zero-order valence-electron chi connectivity index (χ0n) is 13.4. The number of hydrogen-bond donors (Lipinski definition) is 1. The summed E-state index contributed by atoms with van der Waals surface area (Å²) in [5.41, 5.74) is 0.285. The van der Waals surface area contributed by atoms with Gasteiger partial charge in [-0.1, -0.05) is 30.3 Å². The Kier molecular flexibility index (Phi) is 5.32. The molecule has 1 N–H and O–H groups in total. The van der Waals surface area contributed by atoms with Gasteiger partial charge in [0, 0.05) is 16.8 Å². The minimum absolute atomic E-state index is 0.152. The second-order valence-electron chi connectivity index (χ2n) is 5.39. The smallest absolute Gasteiger partial charge is 0.324 e. The molecule has 1 aromatic heterocycles. The van der Waals surface area contributed by atoms with Gasteiger partial charge in [0.15, 0.2) is 0 Å². The maximum absolute atomic E-state index is 12.7. The van der Waals surface area contributed by atoms with Crippen LogP contribution >= 0.6 is 0 Å². The van der Waals surface area contributed by atoms with Gasteiger partial charge >= 0.3 is 6.18 Å². The van der Waals surface area contributed by atoms with Gasteiger partial charge in [0.1, 0.15) is 5.69 Å². The Morgan fingerprint density at radius 3 is 2.50 bits per heavy atom. The van der Waals surface area contributed by atoms with E-state index in [0.717, 1.165) is 17.8 Å². The molecule has 0 fully saturated rings. The molecule has 26 heavy (non-hydrogen) atoms. The Bertz CT molecular complexity index is 917. The molecular formula is C18H14F3N3OS. The molecule has 8 heteroatoms. The maximum atomic E-state index is 12.7. The molecule has 134 valence electrons. The van der Waals surface area contributed by atoms with Crippen LogP contribution in [0.5, 0.6) is 0 Å². The van der Waals surface area contributed by atoms with Crippen molar-refractivity contribution < 1.29 is 17.4 Å². The molecule has 0 radical (unpaired) electrons. The minimum atomic E-state index is -4.53. The Morgan fingerprint density at radius 1 is 1.00 bits per heavy atom. The molecule has 1 atom stereocenters. The van der Waals surface area contributed by atoms with Crippen LogP contribution in [0.2, 0.25) is 0 Å². The number of benzene rings is 2. The number of alkyl halides is 3. The molecular weight excluding hydrogens is 363 g/mol. The summed E-state index contributed by atoms with van der Waals surface area (Å²) in [6.45, 7) is 0. The molecule has 3 aromatic rings. The minimum Gasteiger partial charge on any atom is -0.324 e. The lowest BCUT2D eigenvalue weighted by molar-refractivity contribution is -0.141. The predicted octanol–water partition coefficient (Wildman–Crippen LogP) is 4.55. The number of aromatic nitrogens is 2. The summed E-state index contributed by atoms with van der Waals surface area (Å²) < 4.78 is 50.6. The van der Waals surface area contributed by atoms with Gasteiger partial charge in [-0.3, -0.25) is 4.21 Å². The molecule has 3 rings (SSSR count). The Balaban J connectivity index is 1.75. The number of anilines is 2. The van der Waals surface area contributed by atoms with E-state index in [-0.39, 0.29) is 5.95 Å². The lowest BCUT2D eigenvalue weighted by atomic mass is 10.2. The van der Waals surface area contributed by atoms with Crippen molar-refractivity contribution in [1.82, 2.24) is 9.97 Å². The van der Waals surface area contributed by atoms with Crippen LogP contribution in [0.15, 0.2) is 71.8 Å². The fourth-order valence-electron chi connectivity index (χ4n) is 2.25. The fourth-order valence-corrected chi connectivity index (χ4v) is 3.36. The highest BCUT2D eigenvalue weighted by Crippen LogP contribution is 2.28. The van der Waals surface area contributed by atoms with Crippen LogP contribution in [0, 0.1) is 0 Å². The molecule has 0 aliphatic rings. The van der Waals surface area contributed by atoms with Crippen molar-refractivity contribution >= 4 is 22.4 Å². The van der Waals surface area contributed by atoms with Gasteiger partial charge < -0.3 is 5.32 Å². The van der Waals surface area contributed by atoms with E-state index in [1.807, 2.05) is 18.2 Å². The van der Waals surface area contributed by atoms with Crippen molar-refractivity contribution in [3.05, 3.63) is 78.1 Å². The third-order valence-electron chi connectivity index (χ3n) is 3.43. The van der Waals surface area contributed by atoms with Crippen LogP contribution in [-0.4, -0.2) is 14.2 Å². The SMILES string of the molecule is O=S(Cc1cccc(Nc2nccc(C(F)(F)F)n2)c1)c1ccccc1. The molecule has 4 nitrogen and oxygen atoms in total. The van der Waals surface area contributed by atoms with E-state index in [0.29, 0.717) is 16.3 Å². The average Bonchev–Trinajstić information content (AvgIpc) is 2.62. The first-order chi connectivity index (χ1) is 12.4. The van der Waals surface area contributed by atoms with Crippen LogP contribution in [0.3, 0.4) is 0 Å². The first-order valence-electron chi connectivity index (χ1n) is 7.61. The fraction of sp³-hybridized carbons (Fsp3) is 0.111. The van der Waals surface area contributed by atoms with E-state index >= 15 is 0 Å². The van der Waals surface area contributed by atoms with Gasteiger partial charge in [0.2, 0.25) is 5.95 Å². The van der Waals surface area contributed by atoms with E-state index in [4.69, 9.17) is 0 Å². The van der Waals surface area contributed by atoms with E-state index in [2.05, 4.69) is 15.3 Å². The first-order valence-corrected chi connectivity index (χ1v) is 8.93. The lowest BCUT2D eigenvalue weighted by Gasteiger charge is -2.10. The second-order valence-corrected chi connectivity index (χ2v) is 6.84. The van der Waals surface area contributed by atoms with Gasteiger partial charge in [-0.2, -0.15) is 13.2 Å². The van der Waals surface area contributed by atoms with Gasteiger partial charge in [0.05, 0.1) is 16.6 Å². The highest BCUT2D eigenvalue weighted by molar-refractivity contribution is 7.84. The standard InChI is InChI=1S/C18H14F3N3OS/c19-18(20,21)16-9-10-22-17(24-16)23-14-6-4-5-13(11-14)12-26(25)15-7-2-1-3-8-15/h1-11H,12H2,(H,22,23,24). The van der Waals surface area contributed by atoms with Crippen LogP contribution in [0.4, 0.5) is 24.8 Å². The number of halogens is 3. The van der Waals surface area contributed by atoms with Crippen LogP contribution < -0.4 is 5.32 Å². The highest BCUT2D eigenvalue weighted by Gasteiger charge is 2.32. The molecule has 0 spiro atoms. The summed E-state index contributed by atoms with van der Waals surface area (Å²) in [6.07, 6.45) is -3.49. The zero-order valence-corrected chi connectivity index (χ0v) is 14.2. The molecule has 0 saturated heterocycles. The highest BCUT2D eigenvalue weighted by atomic mass is 32.2. The van der Waals surface area contributed by atoms with Crippen LogP contribution in [0.25, 0.3) is 0 Å². The number of hydrogen-bond acceptors (Lipinski definition) is 4. The third-order valence-corrected chi connectivity index (χ3v) is 4.83. The molecule has 0 aliphatic carbocycles.